The number of hydrogen-bond donors (Lipinski definition) is 1. The highest BCUT2D eigenvalue weighted by Crippen LogP contribution is 2.29. The van der Waals surface area contributed by atoms with Gasteiger partial charge in [0.15, 0.2) is 11.5 Å². The van der Waals surface area contributed by atoms with Gasteiger partial charge in [0.25, 0.3) is 0 Å². The van der Waals surface area contributed by atoms with Crippen molar-refractivity contribution in [3.05, 3.63) is 60.1 Å². The van der Waals surface area contributed by atoms with E-state index in [2.05, 4.69) is 10.5 Å². The molecule has 6 nitrogen and oxygen atoms in total. The van der Waals surface area contributed by atoms with E-state index in [9.17, 15) is 9.59 Å². The maximum Gasteiger partial charge on any atom is 0.355 e. The van der Waals surface area contributed by atoms with E-state index in [1.165, 1.54) is 13.4 Å². The largest absolute Gasteiger partial charge is 0.469 e. The highest BCUT2D eigenvalue weighted by Gasteiger charge is 2.43. The molecule has 0 spiro atoms. The van der Waals surface area contributed by atoms with E-state index >= 15 is 0 Å². The van der Waals surface area contributed by atoms with Crippen molar-refractivity contribution >= 4 is 17.5 Å². The van der Waals surface area contributed by atoms with Gasteiger partial charge in [-0.2, -0.15) is 5.10 Å². The number of esters is 1. The Bertz CT molecular complexity index is 707. The van der Waals surface area contributed by atoms with Crippen LogP contribution in [0.2, 0.25) is 0 Å². The number of benzene rings is 1. The van der Waals surface area contributed by atoms with Gasteiger partial charge in [0.2, 0.25) is 0 Å². The molecule has 2 unspecified atom stereocenters. The summed E-state index contributed by atoms with van der Waals surface area (Å²) >= 11 is 0. The molecule has 2 aromatic rings. The SMILES string of the molecule is COC(=O)C1=NNC(C(=O)c2ccccc2)C1c1ccco1. The molecule has 2 heterocycles. The van der Waals surface area contributed by atoms with Crippen LogP contribution in [0.1, 0.15) is 22.0 Å². The predicted octanol–water partition coefficient (Wildman–Crippen LogP) is 1.75. The Balaban J connectivity index is 1.95. The molecule has 1 N–H and O–H groups in total. The molecule has 0 radical (unpaired) electrons. The lowest BCUT2D eigenvalue weighted by Gasteiger charge is -2.17. The number of ether oxygens (including phenoxy) is 1. The molecular formula is C16H14N2O4. The molecule has 22 heavy (non-hydrogen) atoms. The van der Waals surface area contributed by atoms with Gasteiger partial charge in [-0.15, -0.1) is 0 Å². The van der Waals surface area contributed by atoms with Gasteiger partial charge in [-0.05, 0) is 12.1 Å². The lowest BCUT2D eigenvalue weighted by atomic mass is 9.88. The minimum atomic E-state index is -0.706. The van der Waals surface area contributed by atoms with Crippen molar-refractivity contribution in [2.75, 3.05) is 7.11 Å². The van der Waals surface area contributed by atoms with Crippen LogP contribution in [0.25, 0.3) is 0 Å². The molecule has 0 bridgehead atoms. The minimum absolute atomic E-state index is 0.131. The van der Waals surface area contributed by atoms with Gasteiger partial charge in [0, 0.05) is 5.56 Å². The van der Waals surface area contributed by atoms with Crippen LogP contribution in [-0.4, -0.2) is 30.6 Å². The Morgan fingerprint density at radius 2 is 1.95 bits per heavy atom. The third kappa shape index (κ3) is 2.39. The molecule has 1 aliphatic heterocycles. The van der Waals surface area contributed by atoms with Crippen LogP contribution in [0.4, 0.5) is 0 Å². The number of hydrazone groups is 1. The molecule has 0 saturated carbocycles. The summed E-state index contributed by atoms with van der Waals surface area (Å²) in [5.41, 5.74) is 3.41. The number of nitrogens with one attached hydrogen (secondary N) is 1. The predicted molar refractivity (Wildman–Crippen MR) is 78.6 cm³/mol. The molecule has 112 valence electrons. The van der Waals surface area contributed by atoms with Crippen molar-refractivity contribution < 1.29 is 18.7 Å². The summed E-state index contributed by atoms with van der Waals surface area (Å²) in [6, 6.07) is 11.5. The third-order valence-electron chi connectivity index (χ3n) is 3.54. The minimum Gasteiger partial charge on any atom is -0.469 e. The summed E-state index contributed by atoms with van der Waals surface area (Å²) in [5, 5.41) is 3.98. The smallest absolute Gasteiger partial charge is 0.355 e. The first-order valence-corrected chi connectivity index (χ1v) is 6.76. The van der Waals surface area contributed by atoms with E-state index in [0.717, 1.165) is 0 Å². The van der Waals surface area contributed by atoms with E-state index in [4.69, 9.17) is 9.15 Å². The van der Waals surface area contributed by atoms with Crippen molar-refractivity contribution in [3.63, 3.8) is 0 Å². The number of ketones is 1. The molecule has 1 aromatic carbocycles. The maximum atomic E-state index is 12.7. The normalized spacial score (nSPS) is 20.1. The van der Waals surface area contributed by atoms with E-state index in [1.54, 1.807) is 36.4 Å². The van der Waals surface area contributed by atoms with Gasteiger partial charge >= 0.3 is 5.97 Å². The highest BCUT2D eigenvalue weighted by atomic mass is 16.5. The number of Topliss-reactive ketones (excluding diaryl/α,β-unsaturated/α-hetero) is 1. The van der Waals surface area contributed by atoms with Crippen LogP contribution in [0, 0.1) is 0 Å². The van der Waals surface area contributed by atoms with E-state index < -0.39 is 17.9 Å². The number of carbonyl (C=O) groups is 2. The van der Waals surface area contributed by atoms with Crippen LogP contribution >= 0.6 is 0 Å². The van der Waals surface area contributed by atoms with Crippen molar-refractivity contribution in [1.82, 2.24) is 5.43 Å². The number of furan rings is 1. The summed E-state index contributed by atoms with van der Waals surface area (Å²) in [7, 11) is 1.27. The summed E-state index contributed by atoms with van der Waals surface area (Å²) in [6.45, 7) is 0. The van der Waals surface area contributed by atoms with Gasteiger partial charge < -0.3 is 9.15 Å². The van der Waals surface area contributed by atoms with Crippen LogP contribution < -0.4 is 5.43 Å². The van der Waals surface area contributed by atoms with Gasteiger partial charge in [0.1, 0.15) is 11.8 Å². The summed E-state index contributed by atoms with van der Waals surface area (Å²) in [6.07, 6.45) is 1.49. The molecule has 3 rings (SSSR count). The number of rotatable bonds is 4. The van der Waals surface area contributed by atoms with Crippen LogP contribution in [0.15, 0.2) is 58.2 Å². The molecule has 0 fully saturated rings. The summed E-state index contributed by atoms with van der Waals surface area (Å²) in [4.78, 5) is 24.6. The van der Waals surface area contributed by atoms with Gasteiger partial charge in [-0.3, -0.25) is 10.2 Å². The third-order valence-corrected chi connectivity index (χ3v) is 3.54. The quantitative estimate of drug-likeness (QED) is 0.687. The second-order valence-electron chi connectivity index (χ2n) is 4.82. The average Bonchev–Trinajstić information content (AvgIpc) is 3.23. The zero-order chi connectivity index (χ0) is 15.5. The Morgan fingerprint density at radius 1 is 1.18 bits per heavy atom. The fraction of sp³-hybridized carbons (Fsp3) is 0.188. The van der Waals surface area contributed by atoms with Crippen LogP contribution in [0.5, 0.6) is 0 Å². The first kappa shape index (κ1) is 14.1. The monoisotopic (exact) mass is 298 g/mol. The first-order chi connectivity index (χ1) is 10.7. The first-order valence-electron chi connectivity index (χ1n) is 6.76. The van der Waals surface area contributed by atoms with Crippen molar-refractivity contribution in [2.45, 2.75) is 12.0 Å². The second kappa shape index (κ2) is 5.85. The zero-order valence-electron chi connectivity index (χ0n) is 11.9. The van der Waals surface area contributed by atoms with Gasteiger partial charge in [0.05, 0.1) is 19.3 Å². The van der Waals surface area contributed by atoms with E-state index in [0.29, 0.717) is 11.3 Å². The van der Waals surface area contributed by atoms with Gasteiger partial charge in [-0.25, -0.2) is 4.79 Å². The van der Waals surface area contributed by atoms with Crippen molar-refractivity contribution in [1.29, 1.82) is 0 Å². The number of carbonyl (C=O) groups excluding carboxylic acids is 2. The zero-order valence-corrected chi connectivity index (χ0v) is 11.9. The Kier molecular flexibility index (Phi) is 3.74. The van der Waals surface area contributed by atoms with Gasteiger partial charge in [-0.1, -0.05) is 30.3 Å². The van der Waals surface area contributed by atoms with E-state index in [1.807, 2.05) is 6.07 Å². The fourth-order valence-corrected chi connectivity index (χ4v) is 2.48. The second-order valence-corrected chi connectivity index (χ2v) is 4.82. The molecule has 1 aliphatic rings. The molecule has 0 amide bonds. The number of nitrogens with zero attached hydrogens (tertiary/aromatic N) is 1. The Hall–Kier alpha value is -2.89. The van der Waals surface area contributed by atoms with Crippen molar-refractivity contribution in [3.8, 4) is 0 Å². The van der Waals surface area contributed by atoms with Crippen molar-refractivity contribution in [2.24, 2.45) is 5.10 Å². The molecular weight excluding hydrogens is 284 g/mol. The summed E-state index contributed by atoms with van der Waals surface area (Å²) < 4.78 is 10.1. The Labute approximate surface area is 126 Å². The maximum absolute atomic E-state index is 12.7. The number of methoxy groups -OCH3 is 1. The standard InChI is InChI=1S/C16H14N2O4/c1-21-16(20)14-12(11-8-5-9-22-11)13(17-18-14)15(19)10-6-3-2-4-7-10/h2-9,12-13,17H,1H3. The average molecular weight is 298 g/mol. The molecule has 0 saturated heterocycles. The molecule has 2 atom stereocenters. The van der Waals surface area contributed by atoms with E-state index in [-0.39, 0.29) is 11.5 Å². The van der Waals surface area contributed by atoms with Crippen LogP contribution in [-0.2, 0) is 9.53 Å². The van der Waals surface area contributed by atoms with Crippen LogP contribution in [0.3, 0.4) is 0 Å². The lowest BCUT2D eigenvalue weighted by Crippen LogP contribution is -2.37. The Morgan fingerprint density at radius 3 is 2.59 bits per heavy atom. The molecule has 1 aromatic heterocycles. The topological polar surface area (TPSA) is 80.9 Å². The molecule has 6 heteroatoms. The highest BCUT2D eigenvalue weighted by molar-refractivity contribution is 6.40. The fourth-order valence-electron chi connectivity index (χ4n) is 2.48. The molecule has 0 aliphatic carbocycles. The lowest BCUT2D eigenvalue weighted by molar-refractivity contribution is -0.132. The number of hydrogen-bond acceptors (Lipinski definition) is 6. The summed E-state index contributed by atoms with van der Waals surface area (Å²) in [5.74, 6) is -0.875.